The van der Waals surface area contributed by atoms with Crippen LogP contribution in [0.4, 0.5) is 4.79 Å². The summed E-state index contributed by atoms with van der Waals surface area (Å²) in [6.45, 7) is 8.64. The normalized spacial score (nSPS) is 23.1. The monoisotopic (exact) mass is 353 g/mol. The molecule has 0 aliphatic heterocycles. The van der Waals surface area contributed by atoms with Crippen molar-refractivity contribution in [2.24, 2.45) is 5.92 Å². The van der Waals surface area contributed by atoms with Gasteiger partial charge in [0.25, 0.3) is 0 Å². The molecule has 1 saturated carbocycles. The standard InChI is InChI=1S/C23H31NO2/c1-5-23(14-7-6-8-15-23)24-22(25)26-21-19(16(2)3)10-9-11-20(21)17(4)18-12-13-18/h6-11,14,16-18H,5,12-13,15H2,1-4H3,(H,24,25)/t17?,23-/m1/s1. The number of para-hydroxylation sites is 1. The third kappa shape index (κ3) is 4.03. The molecule has 0 radical (unpaired) electrons. The van der Waals surface area contributed by atoms with Crippen LogP contribution in [0.5, 0.6) is 5.75 Å². The van der Waals surface area contributed by atoms with Crippen LogP contribution in [0.2, 0.25) is 0 Å². The maximum absolute atomic E-state index is 12.8. The molecule has 3 rings (SSSR count). The molecular formula is C23H31NO2. The molecule has 3 nitrogen and oxygen atoms in total. The SMILES string of the molecule is CC[C@@]1(NC(=O)Oc2c(C(C)C)cccc2C(C)C2CC2)C=CC=CC1. The number of hydrogen-bond acceptors (Lipinski definition) is 2. The van der Waals surface area contributed by atoms with Gasteiger partial charge in [0.05, 0.1) is 5.54 Å². The summed E-state index contributed by atoms with van der Waals surface area (Å²) in [7, 11) is 0. The molecule has 1 aromatic carbocycles. The molecule has 0 bridgehead atoms. The van der Waals surface area contributed by atoms with Crippen molar-refractivity contribution in [3.05, 3.63) is 53.6 Å². The van der Waals surface area contributed by atoms with E-state index in [-0.39, 0.29) is 11.6 Å². The Labute approximate surface area is 157 Å². The van der Waals surface area contributed by atoms with Crippen molar-refractivity contribution in [2.45, 2.75) is 70.8 Å². The highest BCUT2D eigenvalue weighted by Gasteiger charge is 2.33. The number of hydrogen-bond donors (Lipinski definition) is 1. The molecule has 2 atom stereocenters. The lowest BCUT2D eigenvalue weighted by molar-refractivity contribution is 0.187. The summed E-state index contributed by atoms with van der Waals surface area (Å²) in [4.78, 5) is 12.8. The quantitative estimate of drug-likeness (QED) is 0.673. The van der Waals surface area contributed by atoms with E-state index in [1.165, 1.54) is 18.4 Å². The van der Waals surface area contributed by atoms with Crippen LogP contribution in [0.25, 0.3) is 0 Å². The first-order valence-electron chi connectivity index (χ1n) is 9.93. The fraction of sp³-hybridized carbons (Fsp3) is 0.522. The maximum Gasteiger partial charge on any atom is 0.413 e. The van der Waals surface area contributed by atoms with Crippen molar-refractivity contribution < 1.29 is 9.53 Å². The summed E-state index contributed by atoms with van der Waals surface area (Å²) in [6.07, 6.45) is 12.0. The number of nitrogens with one attached hydrogen (secondary N) is 1. The van der Waals surface area contributed by atoms with Crippen LogP contribution >= 0.6 is 0 Å². The highest BCUT2D eigenvalue weighted by atomic mass is 16.6. The van der Waals surface area contributed by atoms with Crippen molar-refractivity contribution in [1.82, 2.24) is 5.32 Å². The third-order valence-corrected chi connectivity index (χ3v) is 5.84. The minimum atomic E-state index is -0.357. The van der Waals surface area contributed by atoms with Crippen LogP contribution in [0, 0.1) is 5.92 Å². The highest BCUT2D eigenvalue weighted by Crippen LogP contribution is 2.46. The second kappa shape index (κ2) is 7.69. The molecule has 0 saturated heterocycles. The minimum absolute atomic E-state index is 0.307. The predicted octanol–water partition coefficient (Wildman–Crippen LogP) is 6.08. The van der Waals surface area contributed by atoms with Crippen molar-refractivity contribution in [1.29, 1.82) is 0 Å². The smallest absolute Gasteiger partial charge is 0.410 e. The Kier molecular flexibility index (Phi) is 5.55. The molecule has 1 unspecified atom stereocenters. The van der Waals surface area contributed by atoms with Gasteiger partial charge in [0.15, 0.2) is 0 Å². The lowest BCUT2D eigenvalue weighted by atomic mass is 9.89. The van der Waals surface area contributed by atoms with Gasteiger partial charge in [-0.15, -0.1) is 0 Å². The van der Waals surface area contributed by atoms with E-state index in [1.807, 2.05) is 12.2 Å². The Morgan fingerprint density at radius 2 is 1.96 bits per heavy atom. The Bertz CT molecular complexity index is 715. The van der Waals surface area contributed by atoms with E-state index in [4.69, 9.17) is 4.74 Å². The average molecular weight is 354 g/mol. The van der Waals surface area contributed by atoms with E-state index in [0.29, 0.717) is 11.8 Å². The predicted molar refractivity (Wildman–Crippen MR) is 107 cm³/mol. The van der Waals surface area contributed by atoms with Gasteiger partial charge in [-0.1, -0.05) is 70.2 Å². The maximum atomic E-state index is 12.8. The van der Waals surface area contributed by atoms with E-state index in [0.717, 1.165) is 30.1 Å². The van der Waals surface area contributed by atoms with E-state index in [9.17, 15) is 4.79 Å². The first-order valence-corrected chi connectivity index (χ1v) is 9.93. The zero-order valence-corrected chi connectivity index (χ0v) is 16.4. The van der Waals surface area contributed by atoms with Crippen LogP contribution in [-0.4, -0.2) is 11.6 Å². The van der Waals surface area contributed by atoms with Crippen molar-refractivity contribution >= 4 is 6.09 Å². The van der Waals surface area contributed by atoms with E-state index in [2.05, 4.69) is 63.4 Å². The Hall–Kier alpha value is -2.03. The molecule has 26 heavy (non-hydrogen) atoms. The summed E-state index contributed by atoms with van der Waals surface area (Å²) in [5.41, 5.74) is 1.93. The lowest BCUT2D eigenvalue weighted by Gasteiger charge is -2.31. The minimum Gasteiger partial charge on any atom is -0.410 e. The van der Waals surface area contributed by atoms with Crippen LogP contribution in [0.1, 0.15) is 76.3 Å². The third-order valence-electron chi connectivity index (χ3n) is 5.84. The molecule has 1 amide bonds. The molecule has 1 fully saturated rings. The number of amides is 1. The summed E-state index contributed by atoms with van der Waals surface area (Å²) in [5.74, 6) is 2.22. The fourth-order valence-electron chi connectivity index (χ4n) is 3.78. The first-order chi connectivity index (χ1) is 12.5. The van der Waals surface area contributed by atoms with Gasteiger partial charge in [0, 0.05) is 0 Å². The molecular weight excluding hydrogens is 322 g/mol. The molecule has 1 aromatic rings. The summed E-state index contributed by atoms with van der Waals surface area (Å²) in [6, 6.07) is 6.29. The average Bonchev–Trinajstić information content (AvgIpc) is 3.47. The summed E-state index contributed by atoms with van der Waals surface area (Å²) in [5, 5.41) is 3.11. The number of carbonyl (C=O) groups is 1. The van der Waals surface area contributed by atoms with Crippen molar-refractivity contribution in [3.63, 3.8) is 0 Å². The highest BCUT2D eigenvalue weighted by molar-refractivity contribution is 5.73. The Balaban J connectivity index is 1.84. The summed E-state index contributed by atoms with van der Waals surface area (Å²) < 4.78 is 5.96. The van der Waals surface area contributed by atoms with Crippen LogP contribution < -0.4 is 10.1 Å². The number of carbonyl (C=O) groups excluding carboxylic acids is 1. The van der Waals surface area contributed by atoms with Gasteiger partial charge >= 0.3 is 6.09 Å². The van der Waals surface area contributed by atoms with Gasteiger partial charge in [0.1, 0.15) is 5.75 Å². The number of rotatable bonds is 6. The van der Waals surface area contributed by atoms with Gasteiger partial charge in [-0.3, -0.25) is 0 Å². The molecule has 3 heteroatoms. The van der Waals surface area contributed by atoms with Gasteiger partial charge in [0.2, 0.25) is 0 Å². The van der Waals surface area contributed by atoms with Gasteiger partial charge < -0.3 is 10.1 Å². The number of ether oxygens (including phenoxy) is 1. The van der Waals surface area contributed by atoms with Crippen LogP contribution in [-0.2, 0) is 0 Å². The Morgan fingerprint density at radius 3 is 2.54 bits per heavy atom. The van der Waals surface area contributed by atoms with Crippen LogP contribution in [0.3, 0.4) is 0 Å². The lowest BCUT2D eigenvalue weighted by Crippen LogP contribution is -2.48. The van der Waals surface area contributed by atoms with E-state index >= 15 is 0 Å². The van der Waals surface area contributed by atoms with Crippen molar-refractivity contribution in [3.8, 4) is 5.75 Å². The zero-order valence-electron chi connectivity index (χ0n) is 16.4. The molecule has 140 valence electrons. The number of benzene rings is 1. The zero-order chi connectivity index (χ0) is 18.7. The van der Waals surface area contributed by atoms with Gasteiger partial charge in [-0.05, 0) is 54.6 Å². The molecule has 0 aromatic heterocycles. The second-order valence-electron chi connectivity index (χ2n) is 8.06. The summed E-state index contributed by atoms with van der Waals surface area (Å²) >= 11 is 0. The molecule has 0 heterocycles. The van der Waals surface area contributed by atoms with E-state index < -0.39 is 0 Å². The first kappa shape index (κ1) is 18.8. The number of allylic oxidation sites excluding steroid dienone is 2. The van der Waals surface area contributed by atoms with E-state index in [1.54, 1.807) is 0 Å². The van der Waals surface area contributed by atoms with Crippen molar-refractivity contribution in [2.75, 3.05) is 0 Å². The van der Waals surface area contributed by atoms with Gasteiger partial charge in [-0.2, -0.15) is 0 Å². The van der Waals surface area contributed by atoms with Crippen LogP contribution in [0.15, 0.2) is 42.5 Å². The molecule has 0 spiro atoms. The Morgan fingerprint density at radius 1 is 1.23 bits per heavy atom. The largest absolute Gasteiger partial charge is 0.413 e. The molecule has 2 aliphatic rings. The second-order valence-corrected chi connectivity index (χ2v) is 8.06. The molecule has 2 aliphatic carbocycles. The fourth-order valence-corrected chi connectivity index (χ4v) is 3.78. The topological polar surface area (TPSA) is 38.3 Å². The van der Waals surface area contributed by atoms with Gasteiger partial charge in [-0.25, -0.2) is 4.79 Å². The molecule has 1 N–H and O–H groups in total.